The molecule has 0 saturated carbocycles. The second-order valence-corrected chi connectivity index (χ2v) is 15.7. The minimum Gasteiger partial charge on any atom is -0.479 e. The number of nitrogens with zero attached hydrogens (tertiary/aromatic N) is 2. The maximum atomic E-state index is 13.9. The number of carboxylic acids is 1. The molecule has 22 heteroatoms. The number of carbonyl (C=O) groups is 6. The van der Waals surface area contributed by atoms with E-state index >= 15 is 0 Å². The fourth-order valence-corrected chi connectivity index (χ4v) is 8.01. The number of aromatic nitrogens is 2. The lowest BCUT2D eigenvalue weighted by atomic mass is 9.94. The van der Waals surface area contributed by atoms with Crippen molar-refractivity contribution in [3.63, 3.8) is 0 Å². The number of aliphatic carboxylic acids is 1. The van der Waals surface area contributed by atoms with Gasteiger partial charge in [-0.3, -0.25) is 29.3 Å². The van der Waals surface area contributed by atoms with Crippen LogP contribution in [0, 0.1) is 0 Å². The maximum Gasteiger partial charge on any atom is 0.412 e. The quantitative estimate of drug-likeness (QED) is 0.0552. The summed E-state index contributed by atoms with van der Waals surface area (Å²) in [5.74, 6) is -1.80. The van der Waals surface area contributed by atoms with Crippen molar-refractivity contribution >= 4 is 59.0 Å². The topological polar surface area (TPSA) is 301 Å². The summed E-state index contributed by atoms with van der Waals surface area (Å²) in [6, 6.07) is 7.80. The normalized spacial score (nSPS) is 17.2. The van der Waals surface area contributed by atoms with Gasteiger partial charge in [-0.25, -0.2) is 14.6 Å². The van der Waals surface area contributed by atoms with E-state index in [9.17, 15) is 48.9 Å². The highest BCUT2D eigenvalue weighted by molar-refractivity contribution is 6.06. The van der Waals surface area contributed by atoms with Crippen LogP contribution in [0.25, 0.3) is 22.3 Å². The van der Waals surface area contributed by atoms with Gasteiger partial charge in [0.2, 0.25) is 31.3 Å². The van der Waals surface area contributed by atoms with Crippen LogP contribution in [0.15, 0.2) is 35.1 Å². The number of benzene rings is 2. The lowest BCUT2D eigenvalue weighted by Crippen LogP contribution is -2.42. The van der Waals surface area contributed by atoms with Gasteiger partial charge in [0.25, 0.3) is 12.0 Å². The van der Waals surface area contributed by atoms with Crippen LogP contribution in [0.1, 0.15) is 79.9 Å². The van der Waals surface area contributed by atoms with E-state index in [0.29, 0.717) is 57.6 Å². The van der Waals surface area contributed by atoms with Crippen LogP contribution in [-0.2, 0) is 64.4 Å². The molecule has 3 aliphatic rings. The van der Waals surface area contributed by atoms with Crippen LogP contribution < -0.4 is 41.0 Å². The van der Waals surface area contributed by atoms with Gasteiger partial charge in [0, 0.05) is 42.8 Å². The summed E-state index contributed by atoms with van der Waals surface area (Å²) < 4.78 is 35.2. The van der Waals surface area contributed by atoms with Crippen molar-refractivity contribution in [3.8, 4) is 28.6 Å². The number of amides is 4. The first kappa shape index (κ1) is 46.7. The number of nitrogens with one attached hydrogen (secondary N) is 4. The van der Waals surface area contributed by atoms with E-state index in [1.165, 1.54) is 29.7 Å². The molecule has 0 aliphatic carbocycles. The van der Waals surface area contributed by atoms with Crippen LogP contribution in [-0.4, -0.2) is 100 Å². The first-order chi connectivity index (χ1) is 31.8. The molecule has 0 radical (unpaired) electrons. The Hall–Kier alpha value is -7.30. The third-order valence-electron chi connectivity index (χ3n) is 11.1. The van der Waals surface area contributed by atoms with Crippen LogP contribution in [0.3, 0.4) is 0 Å². The maximum absolute atomic E-state index is 13.9. The number of hydrogen-bond acceptors (Lipinski definition) is 16. The van der Waals surface area contributed by atoms with Gasteiger partial charge in [-0.1, -0.05) is 19.4 Å². The predicted octanol–water partition coefficient (Wildman–Crippen LogP) is 2.49. The summed E-state index contributed by atoms with van der Waals surface area (Å²) in [5.41, 5.74) is 3.54. The molecule has 1 saturated heterocycles. The molecule has 4 aromatic rings. The van der Waals surface area contributed by atoms with E-state index in [-0.39, 0.29) is 93.8 Å². The fraction of sp³-hybridized carbons (Fsp3) is 0.409. The van der Waals surface area contributed by atoms with E-state index < -0.39 is 54.0 Å². The van der Waals surface area contributed by atoms with Crippen LogP contribution in [0.4, 0.5) is 16.2 Å². The molecular formula is C44H48N6O16. The van der Waals surface area contributed by atoms with E-state index in [4.69, 9.17) is 33.4 Å². The number of aliphatic hydroxyl groups excluding tert-OH is 2. The standard InChI is InChI=1S/C44H48N6O16/c1-3-4-5-25-27-16-50-31(13-26(22(2)53)28(42(50)57)18-61-20-52)39(27)48-30-14-33-41(64-21-63-33)40(38(25)30)49-44(60)62-17-23-6-7-32(65-37-12-24(54)11-34(66-37)43(58)59)29(10-23)47-35(55)8-9-46-36(56)15-45-19-51/h6-7,10,13-14,19-20,22,24,34,37,53-54H,3-5,8-9,11-12,15-18,21H2,1-2H3,(H,45,51)(H,46,56)(H,47,55)(H,49,60)(H,58,59). The zero-order chi connectivity index (χ0) is 47.1. The number of ether oxygens (including phenoxy) is 6. The minimum atomic E-state index is -1.34. The number of anilines is 2. The van der Waals surface area contributed by atoms with E-state index in [2.05, 4.69) is 21.3 Å². The summed E-state index contributed by atoms with van der Waals surface area (Å²) in [4.78, 5) is 90.8. The SMILES string of the molecule is CCCCc1c2c(nc3cc4c(c(NC(=O)OCc5ccc(OC6CC(O)CC(C(=O)O)O6)c(NC(=O)CCNC(=O)CNC=O)c5)c13)OCO4)-c1cc(C(C)O)c(COC=O)c(=O)n1C2. The molecule has 4 unspecified atom stereocenters. The Morgan fingerprint density at radius 1 is 1.05 bits per heavy atom. The highest BCUT2D eigenvalue weighted by Crippen LogP contribution is 2.48. The van der Waals surface area contributed by atoms with Gasteiger partial charge in [-0.05, 0) is 54.7 Å². The van der Waals surface area contributed by atoms with Crippen molar-refractivity contribution in [2.75, 3.05) is 30.5 Å². The summed E-state index contributed by atoms with van der Waals surface area (Å²) in [6.07, 6.45) is -3.54. The lowest BCUT2D eigenvalue weighted by Gasteiger charge is -2.31. The van der Waals surface area contributed by atoms with Gasteiger partial charge in [0.15, 0.2) is 17.6 Å². The summed E-state index contributed by atoms with van der Waals surface area (Å²) in [6.45, 7) is 2.70. The first-order valence-corrected chi connectivity index (χ1v) is 21.1. The Bertz CT molecular complexity index is 2610. The van der Waals surface area contributed by atoms with Crippen molar-refractivity contribution in [3.05, 3.63) is 68.5 Å². The highest BCUT2D eigenvalue weighted by atomic mass is 16.7. The number of aliphatic hydroxyl groups is 2. The molecule has 2 aromatic carbocycles. The number of hydrogen-bond donors (Lipinski definition) is 7. The predicted molar refractivity (Wildman–Crippen MR) is 230 cm³/mol. The van der Waals surface area contributed by atoms with E-state index in [0.717, 1.165) is 18.4 Å². The summed E-state index contributed by atoms with van der Waals surface area (Å²) >= 11 is 0. The summed E-state index contributed by atoms with van der Waals surface area (Å²) in [7, 11) is 0. The molecule has 4 amide bonds. The molecule has 7 rings (SSSR count). The van der Waals surface area contributed by atoms with Gasteiger partial charge < -0.3 is 64.3 Å². The minimum absolute atomic E-state index is 0.0409. The van der Waals surface area contributed by atoms with Crippen molar-refractivity contribution < 1.29 is 72.5 Å². The Morgan fingerprint density at radius 3 is 2.61 bits per heavy atom. The molecule has 22 nitrogen and oxygen atoms in total. The number of carbonyl (C=O) groups excluding carboxylic acids is 5. The fourth-order valence-electron chi connectivity index (χ4n) is 8.01. The zero-order valence-electron chi connectivity index (χ0n) is 35.9. The Labute approximate surface area is 375 Å². The van der Waals surface area contributed by atoms with Crippen molar-refractivity contribution in [1.82, 2.24) is 20.2 Å². The molecule has 1 fully saturated rings. The largest absolute Gasteiger partial charge is 0.479 e. The number of fused-ring (bicyclic) bond motifs is 5. The number of carboxylic acid groups (broad SMARTS) is 1. The second kappa shape index (κ2) is 20.7. The van der Waals surface area contributed by atoms with Crippen LogP contribution >= 0.6 is 0 Å². The Morgan fingerprint density at radius 2 is 1.86 bits per heavy atom. The van der Waals surface area contributed by atoms with Gasteiger partial charge >= 0.3 is 12.1 Å². The smallest absolute Gasteiger partial charge is 0.412 e. The molecular weight excluding hydrogens is 869 g/mol. The van der Waals surface area contributed by atoms with Crippen LogP contribution in [0.5, 0.6) is 17.2 Å². The van der Waals surface area contributed by atoms with E-state index in [1.54, 1.807) is 12.1 Å². The van der Waals surface area contributed by atoms with Gasteiger partial charge in [0.1, 0.15) is 24.7 Å². The average molecular weight is 917 g/mol. The average Bonchev–Trinajstić information content (AvgIpc) is 3.91. The second-order valence-electron chi connectivity index (χ2n) is 15.7. The molecule has 0 bridgehead atoms. The van der Waals surface area contributed by atoms with Gasteiger partial charge in [-0.2, -0.15) is 0 Å². The van der Waals surface area contributed by atoms with Crippen molar-refractivity contribution in [1.29, 1.82) is 0 Å². The van der Waals surface area contributed by atoms with Crippen molar-refractivity contribution in [2.24, 2.45) is 0 Å². The lowest BCUT2D eigenvalue weighted by molar-refractivity contribution is -0.195. The van der Waals surface area contributed by atoms with E-state index in [1.807, 2.05) is 6.92 Å². The number of unbranched alkanes of at least 4 members (excludes halogenated alkanes) is 1. The number of aryl methyl sites for hydroxylation is 1. The van der Waals surface area contributed by atoms with Crippen molar-refractivity contribution in [2.45, 2.75) is 96.7 Å². The highest BCUT2D eigenvalue weighted by Gasteiger charge is 2.35. The van der Waals surface area contributed by atoms with Gasteiger partial charge in [-0.15, -0.1) is 0 Å². The summed E-state index contributed by atoms with van der Waals surface area (Å²) in [5, 5.41) is 41.2. The number of rotatable bonds is 20. The van der Waals surface area contributed by atoms with Crippen LogP contribution in [0.2, 0.25) is 0 Å². The first-order valence-electron chi connectivity index (χ1n) is 21.1. The van der Waals surface area contributed by atoms with Gasteiger partial charge in [0.05, 0.1) is 53.5 Å². The molecule has 4 atom stereocenters. The zero-order valence-corrected chi connectivity index (χ0v) is 35.9. The molecule has 2 aromatic heterocycles. The molecule has 7 N–H and O–H groups in total. The monoisotopic (exact) mass is 916 g/mol. The Balaban J connectivity index is 1.16. The molecule has 0 spiro atoms. The third-order valence-corrected chi connectivity index (χ3v) is 11.1. The molecule has 5 heterocycles. The third kappa shape index (κ3) is 10.3. The number of pyridine rings is 2. The Kier molecular flexibility index (Phi) is 14.6. The molecule has 350 valence electrons. The molecule has 66 heavy (non-hydrogen) atoms. The molecule has 3 aliphatic heterocycles.